The molecule has 9 heteroatoms. The van der Waals surface area contributed by atoms with Gasteiger partial charge in [0, 0.05) is 19.2 Å². The van der Waals surface area contributed by atoms with Crippen molar-refractivity contribution in [3.05, 3.63) is 107 Å². The fourth-order valence-corrected chi connectivity index (χ4v) is 4.53. The Bertz CT molecular complexity index is 1370. The SMILES string of the molecule is O=C1NC(O)(CCn2cnc3cncc(Br)c32)C(OCc2ccccc2)=C1OCc1ccccc1. The van der Waals surface area contributed by atoms with Gasteiger partial charge in [-0.2, -0.15) is 0 Å². The number of fused-ring (bicyclic) bond motifs is 1. The maximum atomic E-state index is 12.9. The summed E-state index contributed by atoms with van der Waals surface area (Å²) >= 11 is 3.51. The number of rotatable bonds is 9. The standard InChI is InChI=1S/C26H23BrN4O4/c27-20-13-28-14-21-22(20)31(17-29-21)12-11-26(33)24(35-16-19-9-5-2-6-10-19)23(25(32)30-26)34-15-18-7-3-1-4-8-18/h1-10,13-14,17,33H,11-12,15-16H2,(H,30,32). The number of aromatic nitrogens is 3. The highest BCUT2D eigenvalue weighted by Gasteiger charge is 2.47. The second-order valence-electron chi connectivity index (χ2n) is 8.20. The van der Waals surface area contributed by atoms with Crippen LogP contribution in [-0.2, 0) is 34.0 Å². The fraction of sp³-hybridized carbons (Fsp3) is 0.192. The summed E-state index contributed by atoms with van der Waals surface area (Å²) in [6.07, 6.45) is 5.18. The predicted octanol–water partition coefficient (Wildman–Crippen LogP) is 4.05. The van der Waals surface area contributed by atoms with E-state index < -0.39 is 11.6 Å². The van der Waals surface area contributed by atoms with Crippen LogP contribution in [0.2, 0.25) is 0 Å². The summed E-state index contributed by atoms with van der Waals surface area (Å²) in [5.41, 5.74) is 1.64. The van der Waals surface area contributed by atoms with Crippen molar-refractivity contribution in [1.82, 2.24) is 19.9 Å². The number of ether oxygens (including phenoxy) is 2. The molecule has 2 aromatic heterocycles. The molecular weight excluding hydrogens is 512 g/mol. The molecule has 8 nitrogen and oxygen atoms in total. The van der Waals surface area contributed by atoms with Gasteiger partial charge in [0.1, 0.15) is 18.7 Å². The average molecular weight is 535 g/mol. The molecule has 0 aliphatic carbocycles. The topological polar surface area (TPSA) is 98.5 Å². The molecule has 0 bridgehead atoms. The zero-order chi connectivity index (χ0) is 24.3. The summed E-state index contributed by atoms with van der Waals surface area (Å²) in [6, 6.07) is 19.1. The van der Waals surface area contributed by atoms with Crippen molar-refractivity contribution >= 4 is 32.9 Å². The van der Waals surface area contributed by atoms with Crippen LogP contribution >= 0.6 is 15.9 Å². The molecule has 1 amide bonds. The Balaban J connectivity index is 1.41. The highest BCUT2D eigenvalue weighted by Crippen LogP contribution is 2.33. The van der Waals surface area contributed by atoms with Crippen LogP contribution in [0.3, 0.4) is 0 Å². The molecule has 178 valence electrons. The maximum Gasteiger partial charge on any atom is 0.292 e. The molecule has 35 heavy (non-hydrogen) atoms. The van der Waals surface area contributed by atoms with Gasteiger partial charge in [0.2, 0.25) is 11.5 Å². The second kappa shape index (κ2) is 9.89. The summed E-state index contributed by atoms with van der Waals surface area (Å²) in [6.45, 7) is 0.709. The molecule has 0 radical (unpaired) electrons. The van der Waals surface area contributed by atoms with E-state index in [-0.39, 0.29) is 31.2 Å². The van der Waals surface area contributed by atoms with Crippen molar-refractivity contribution in [2.24, 2.45) is 0 Å². The first-order valence-electron chi connectivity index (χ1n) is 11.1. The number of hydrogen-bond acceptors (Lipinski definition) is 6. The van der Waals surface area contributed by atoms with Crippen LogP contribution in [-0.4, -0.2) is 31.3 Å². The van der Waals surface area contributed by atoms with Crippen molar-refractivity contribution < 1.29 is 19.4 Å². The van der Waals surface area contributed by atoms with Crippen molar-refractivity contribution in [3.63, 3.8) is 0 Å². The predicted molar refractivity (Wildman–Crippen MR) is 132 cm³/mol. The number of nitrogens with zero attached hydrogens (tertiary/aromatic N) is 3. The van der Waals surface area contributed by atoms with Gasteiger partial charge in [0.25, 0.3) is 5.91 Å². The third-order valence-corrected chi connectivity index (χ3v) is 6.33. The lowest BCUT2D eigenvalue weighted by Crippen LogP contribution is -2.45. The van der Waals surface area contributed by atoms with Gasteiger partial charge in [0.15, 0.2) is 5.76 Å². The third kappa shape index (κ3) is 4.91. The van der Waals surface area contributed by atoms with E-state index in [0.717, 1.165) is 26.6 Å². The Labute approximate surface area is 210 Å². The van der Waals surface area contributed by atoms with Crippen molar-refractivity contribution in [3.8, 4) is 0 Å². The van der Waals surface area contributed by atoms with Crippen molar-refractivity contribution in [1.29, 1.82) is 0 Å². The van der Waals surface area contributed by atoms with Gasteiger partial charge >= 0.3 is 0 Å². The first-order valence-corrected chi connectivity index (χ1v) is 11.9. The Kier molecular flexibility index (Phi) is 6.52. The number of aliphatic hydroxyl groups is 1. The minimum Gasteiger partial charge on any atom is -0.484 e. The molecule has 2 N–H and O–H groups in total. The van der Waals surface area contributed by atoms with Gasteiger partial charge in [0.05, 0.1) is 22.5 Å². The average Bonchev–Trinajstić information content (AvgIpc) is 3.40. The first-order chi connectivity index (χ1) is 17.0. The molecule has 0 saturated heterocycles. The number of carbonyl (C=O) groups is 1. The van der Waals surface area contributed by atoms with Gasteiger partial charge < -0.3 is 24.5 Å². The highest BCUT2D eigenvalue weighted by molar-refractivity contribution is 9.10. The minimum absolute atomic E-state index is 0.0202. The third-order valence-electron chi connectivity index (χ3n) is 5.75. The number of aryl methyl sites for hydroxylation is 1. The molecule has 0 saturated carbocycles. The van der Waals surface area contributed by atoms with E-state index in [1.54, 1.807) is 18.7 Å². The zero-order valence-corrected chi connectivity index (χ0v) is 20.3. The molecule has 4 aromatic rings. The lowest BCUT2D eigenvalue weighted by molar-refractivity contribution is -0.124. The molecule has 1 aliphatic rings. The van der Waals surface area contributed by atoms with Crippen LogP contribution in [0.15, 0.2) is 95.4 Å². The molecular formula is C26H23BrN4O4. The Morgan fingerprint density at radius 2 is 1.63 bits per heavy atom. The Hall–Kier alpha value is -3.69. The van der Waals surface area contributed by atoms with E-state index in [4.69, 9.17) is 9.47 Å². The molecule has 1 atom stereocenters. The maximum absolute atomic E-state index is 12.9. The van der Waals surface area contributed by atoms with E-state index in [1.165, 1.54) is 0 Å². The van der Waals surface area contributed by atoms with Gasteiger partial charge in [-0.1, -0.05) is 60.7 Å². The number of carbonyl (C=O) groups excluding carboxylic acids is 1. The van der Waals surface area contributed by atoms with E-state index in [1.807, 2.05) is 65.2 Å². The molecule has 0 spiro atoms. The number of halogens is 1. The fourth-order valence-electron chi connectivity index (χ4n) is 3.98. The Morgan fingerprint density at radius 3 is 2.31 bits per heavy atom. The number of hydrogen-bond donors (Lipinski definition) is 2. The summed E-state index contributed by atoms with van der Waals surface area (Å²) < 4.78 is 14.6. The smallest absolute Gasteiger partial charge is 0.292 e. The minimum atomic E-state index is -1.74. The van der Waals surface area contributed by atoms with Crippen LogP contribution in [0, 0.1) is 0 Å². The first kappa shape index (κ1) is 23.1. The second-order valence-corrected chi connectivity index (χ2v) is 9.05. The summed E-state index contributed by atoms with van der Waals surface area (Å²) in [5.74, 6) is -0.465. The van der Waals surface area contributed by atoms with Crippen molar-refractivity contribution in [2.45, 2.75) is 31.9 Å². The van der Waals surface area contributed by atoms with Crippen LogP contribution in [0.1, 0.15) is 17.5 Å². The quantitative estimate of drug-likeness (QED) is 0.336. The Morgan fingerprint density at radius 1 is 0.971 bits per heavy atom. The van der Waals surface area contributed by atoms with Gasteiger partial charge in [-0.15, -0.1) is 0 Å². The molecule has 2 aromatic carbocycles. The van der Waals surface area contributed by atoms with Crippen LogP contribution in [0.25, 0.3) is 11.0 Å². The normalized spacial score (nSPS) is 17.6. The summed E-state index contributed by atoms with van der Waals surface area (Å²) in [4.78, 5) is 21.4. The van der Waals surface area contributed by atoms with Gasteiger partial charge in [-0.25, -0.2) is 4.98 Å². The van der Waals surface area contributed by atoms with E-state index >= 15 is 0 Å². The molecule has 0 fully saturated rings. The number of amides is 1. The number of imidazole rings is 1. The number of pyridine rings is 1. The summed E-state index contributed by atoms with van der Waals surface area (Å²) in [5, 5.41) is 14.2. The molecule has 5 rings (SSSR count). The monoisotopic (exact) mass is 534 g/mol. The highest BCUT2D eigenvalue weighted by atomic mass is 79.9. The summed E-state index contributed by atoms with van der Waals surface area (Å²) in [7, 11) is 0. The van der Waals surface area contributed by atoms with E-state index in [9.17, 15) is 9.90 Å². The van der Waals surface area contributed by atoms with E-state index in [2.05, 4.69) is 31.2 Å². The molecule has 3 heterocycles. The van der Waals surface area contributed by atoms with Crippen LogP contribution in [0.4, 0.5) is 0 Å². The van der Waals surface area contributed by atoms with E-state index in [0.29, 0.717) is 6.54 Å². The zero-order valence-electron chi connectivity index (χ0n) is 18.7. The lowest BCUT2D eigenvalue weighted by Gasteiger charge is -2.26. The largest absolute Gasteiger partial charge is 0.484 e. The van der Waals surface area contributed by atoms with Crippen LogP contribution in [0.5, 0.6) is 0 Å². The molecule has 1 aliphatic heterocycles. The lowest BCUT2D eigenvalue weighted by atomic mass is 10.1. The molecule has 1 unspecified atom stereocenters. The van der Waals surface area contributed by atoms with Gasteiger partial charge in [-0.05, 0) is 27.1 Å². The number of nitrogens with one attached hydrogen (secondary N) is 1. The van der Waals surface area contributed by atoms with Crippen LogP contribution < -0.4 is 5.32 Å². The number of benzene rings is 2. The van der Waals surface area contributed by atoms with Crippen molar-refractivity contribution in [2.75, 3.05) is 0 Å². The van der Waals surface area contributed by atoms with Gasteiger partial charge in [-0.3, -0.25) is 9.78 Å².